The molecule has 0 bridgehead atoms. The van der Waals surface area contributed by atoms with Gasteiger partial charge in [0.05, 0.1) is 14.2 Å². The molecule has 0 amide bonds. The Kier molecular flexibility index (Phi) is 6.12. The van der Waals surface area contributed by atoms with Crippen molar-refractivity contribution < 1.29 is 14.6 Å². The van der Waals surface area contributed by atoms with Gasteiger partial charge in [-0.1, -0.05) is 6.92 Å². The summed E-state index contributed by atoms with van der Waals surface area (Å²) in [5, 5.41) is 12.7. The molecule has 0 unspecified atom stereocenters. The standard InChI is InChI=1S/C15H25NO3/c1-10(9-17)11(2)16-12(3)14-8-13(18-4)6-7-15(14)19-5/h6-8,10-12,16-17H,9H2,1-5H3/t10-,11+,12-/m0/s1. The Labute approximate surface area is 115 Å². The van der Waals surface area contributed by atoms with Crippen LogP contribution in [-0.2, 0) is 0 Å². The molecule has 0 aliphatic carbocycles. The fourth-order valence-electron chi connectivity index (χ4n) is 1.98. The Morgan fingerprint density at radius 1 is 1.16 bits per heavy atom. The van der Waals surface area contributed by atoms with Gasteiger partial charge in [0.15, 0.2) is 0 Å². The molecule has 0 heterocycles. The van der Waals surface area contributed by atoms with E-state index in [-0.39, 0.29) is 24.6 Å². The molecule has 0 aliphatic heterocycles. The summed E-state index contributed by atoms with van der Waals surface area (Å²) in [6.07, 6.45) is 0. The molecule has 0 saturated heterocycles. The Morgan fingerprint density at radius 3 is 2.37 bits per heavy atom. The van der Waals surface area contributed by atoms with Gasteiger partial charge in [-0.15, -0.1) is 0 Å². The van der Waals surface area contributed by atoms with E-state index < -0.39 is 0 Å². The highest BCUT2D eigenvalue weighted by Crippen LogP contribution is 2.29. The quantitative estimate of drug-likeness (QED) is 0.796. The zero-order valence-electron chi connectivity index (χ0n) is 12.4. The summed E-state index contributed by atoms with van der Waals surface area (Å²) in [6, 6.07) is 6.11. The second-order valence-corrected chi connectivity index (χ2v) is 4.94. The van der Waals surface area contributed by atoms with Gasteiger partial charge in [-0.3, -0.25) is 0 Å². The van der Waals surface area contributed by atoms with Gasteiger partial charge >= 0.3 is 0 Å². The number of nitrogens with one attached hydrogen (secondary N) is 1. The summed E-state index contributed by atoms with van der Waals surface area (Å²) in [6.45, 7) is 6.35. The lowest BCUT2D eigenvalue weighted by atomic mass is 10.0. The van der Waals surface area contributed by atoms with Crippen LogP contribution in [0.1, 0.15) is 32.4 Å². The lowest BCUT2D eigenvalue weighted by Crippen LogP contribution is -2.35. The van der Waals surface area contributed by atoms with E-state index in [4.69, 9.17) is 9.47 Å². The molecule has 3 atom stereocenters. The number of hydrogen-bond donors (Lipinski definition) is 2. The van der Waals surface area contributed by atoms with Gasteiger partial charge in [0.2, 0.25) is 0 Å². The van der Waals surface area contributed by atoms with Crippen molar-refractivity contribution in [3.63, 3.8) is 0 Å². The van der Waals surface area contributed by atoms with Crippen LogP contribution >= 0.6 is 0 Å². The van der Waals surface area contributed by atoms with Crippen molar-refractivity contribution in [2.75, 3.05) is 20.8 Å². The summed E-state index contributed by atoms with van der Waals surface area (Å²) in [4.78, 5) is 0. The molecule has 4 heteroatoms. The maximum atomic E-state index is 9.19. The Bertz CT molecular complexity index is 395. The van der Waals surface area contributed by atoms with Crippen LogP contribution in [0.25, 0.3) is 0 Å². The van der Waals surface area contributed by atoms with Gasteiger partial charge in [0.25, 0.3) is 0 Å². The first-order chi connectivity index (χ1) is 9.03. The minimum atomic E-state index is 0.119. The van der Waals surface area contributed by atoms with Crippen molar-refractivity contribution in [1.82, 2.24) is 5.32 Å². The van der Waals surface area contributed by atoms with Gasteiger partial charge in [-0.05, 0) is 38.0 Å². The first-order valence-electron chi connectivity index (χ1n) is 6.62. The monoisotopic (exact) mass is 267 g/mol. The zero-order valence-corrected chi connectivity index (χ0v) is 12.4. The van der Waals surface area contributed by atoms with E-state index >= 15 is 0 Å². The molecule has 19 heavy (non-hydrogen) atoms. The average Bonchev–Trinajstić information content (AvgIpc) is 2.45. The SMILES string of the molecule is COc1ccc(OC)c([C@H](C)N[C@H](C)[C@@H](C)CO)c1. The van der Waals surface area contributed by atoms with Gasteiger partial charge in [-0.2, -0.15) is 0 Å². The zero-order chi connectivity index (χ0) is 14.4. The molecule has 108 valence electrons. The first-order valence-corrected chi connectivity index (χ1v) is 6.62. The van der Waals surface area contributed by atoms with Gasteiger partial charge in [0.1, 0.15) is 11.5 Å². The number of rotatable bonds is 7. The van der Waals surface area contributed by atoms with Gasteiger partial charge < -0.3 is 19.9 Å². The third-order valence-corrected chi connectivity index (χ3v) is 3.56. The number of aliphatic hydroxyl groups is 1. The van der Waals surface area contributed by atoms with Gasteiger partial charge in [0, 0.05) is 24.3 Å². The lowest BCUT2D eigenvalue weighted by Gasteiger charge is -2.25. The van der Waals surface area contributed by atoms with Crippen molar-refractivity contribution in [3.05, 3.63) is 23.8 Å². The summed E-state index contributed by atoms with van der Waals surface area (Å²) in [7, 11) is 3.32. The molecule has 1 aromatic rings. The fraction of sp³-hybridized carbons (Fsp3) is 0.600. The normalized spacial score (nSPS) is 15.7. The van der Waals surface area contributed by atoms with E-state index in [0.717, 1.165) is 17.1 Å². The molecular formula is C15H25NO3. The molecule has 0 spiro atoms. The van der Waals surface area contributed by atoms with Gasteiger partial charge in [-0.25, -0.2) is 0 Å². The number of ether oxygens (including phenoxy) is 2. The summed E-state index contributed by atoms with van der Waals surface area (Å²) in [5.74, 6) is 1.86. The minimum Gasteiger partial charge on any atom is -0.497 e. The number of benzene rings is 1. The predicted octanol–water partition coefficient (Wildman–Crippen LogP) is 2.37. The molecule has 0 aliphatic rings. The van der Waals surface area contributed by atoms with Crippen LogP contribution in [0.4, 0.5) is 0 Å². The van der Waals surface area contributed by atoms with Crippen LogP contribution in [0.2, 0.25) is 0 Å². The fourth-order valence-corrected chi connectivity index (χ4v) is 1.98. The first kappa shape index (κ1) is 15.8. The molecule has 0 aromatic heterocycles. The largest absolute Gasteiger partial charge is 0.497 e. The molecule has 1 aromatic carbocycles. The van der Waals surface area contributed by atoms with Crippen molar-refractivity contribution >= 4 is 0 Å². The van der Waals surface area contributed by atoms with E-state index in [0.29, 0.717) is 0 Å². The van der Waals surface area contributed by atoms with Crippen LogP contribution in [0.5, 0.6) is 11.5 Å². The maximum Gasteiger partial charge on any atom is 0.123 e. The molecule has 0 radical (unpaired) electrons. The smallest absolute Gasteiger partial charge is 0.123 e. The highest BCUT2D eigenvalue weighted by atomic mass is 16.5. The molecule has 0 saturated carbocycles. The van der Waals surface area contributed by atoms with E-state index in [2.05, 4.69) is 19.2 Å². The van der Waals surface area contributed by atoms with Crippen LogP contribution < -0.4 is 14.8 Å². The number of methoxy groups -OCH3 is 2. The van der Waals surface area contributed by atoms with Crippen LogP contribution in [0, 0.1) is 5.92 Å². The highest BCUT2D eigenvalue weighted by Gasteiger charge is 2.18. The summed E-state index contributed by atoms with van der Waals surface area (Å²) >= 11 is 0. The Balaban J connectivity index is 2.88. The Morgan fingerprint density at radius 2 is 1.84 bits per heavy atom. The maximum absolute atomic E-state index is 9.19. The van der Waals surface area contributed by atoms with Crippen molar-refractivity contribution in [2.24, 2.45) is 5.92 Å². The summed E-state index contributed by atoms with van der Waals surface area (Å²) < 4.78 is 10.6. The lowest BCUT2D eigenvalue weighted by molar-refractivity contribution is 0.202. The third-order valence-electron chi connectivity index (χ3n) is 3.56. The molecule has 0 fully saturated rings. The number of hydrogen-bond acceptors (Lipinski definition) is 4. The minimum absolute atomic E-state index is 0.119. The molecule has 4 nitrogen and oxygen atoms in total. The van der Waals surface area contributed by atoms with Crippen LogP contribution in [-0.4, -0.2) is 32.0 Å². The highest BCUT2D eigenvalue weighted by molar-refractivity contribution is 5.42. The van der Waals surface area contributed by atoms with Crippen molar-refractivity contribution in [3.8, 4) is 11.5 Å². The second-order valence-electron chi connectivity index (χ2n) is 4.94. The van der Waals surface area contributed by atoms with E-state index in [9.17, 15) is 5.11 Å². The number of aliphatic hydroxyl groups excluding tert-OH is 1. The second kappa shape index (κ2) is 7.36. The Hall–Kier alpha value is -1.26. The summed E-state index contributed by atoms with van der Waals surface area (Å²) in [5.41, 5.74) is 1.05. The molecule has 1 rings (SSSR count). The topological polar surface area (TPSA) is 50.7 Å². The van der Waals surface area contributed by atoms with E-state index in [1.807, 2.05) is 25.1 Å². The molecule has 2 N–H and O–H groups in total. The van der Waals surface area contributed by atoms with Crippen LogP contribution in [0.15, 0.2) is 18.2 Å². The third kappa shape index (κ3) is 4.11. The van der Waals surface area contributed by atoms with Crippen molar-refractivity contribution in [1.29, 1.82) is 0 Å². The van der Waals surface area contributed by atoms with E-state index in [1.54, 1.807) is 14.2 Å². The molecular weight excluding hydrogens is 242 g/mol. The van der Waals surface area contributed by atoms with Crippen LogP contribution in [0.3, 0.4) is 0 Å². The average molecular weight is 267 g/mol. The van der Waals surface area contributed by atoms with E-state index in [1.165, 1.54) is 0 Å². The predicted molar refractivity (Wildman–Crippen MR) is 76.8 cm³/mol. The van der Waals surface area contributed by atoms with Crippen molar-refractivity contribution in [2.45, 2.75) is 32.9 Å².